The van der Waals surface area contributed by atoms with Crippen LogP contribution in [-0.4, -0.2) is 24.6 Å². The zero-order valence-corrected chi connectivity index (χ0v) is 14.4. The quantitative estimate of drug-likeness (QED) is 0.781. The lowest BCUT2D eigenvalue weighted by atomic mass is 10.2. The van der Waals surface area contributed by atoms with Gasteiger partial charge in [0.05, 0.1) is 16.7 Å². The normalized spacial score (nSPS) is 11.2. The van der Waals surface area contributed by atoms with E-state index >= 15 is 0 Å². The number of benzene rings is 2. The molecule has 0 heterocycles. The molecule has 0 spiro atoms. The molecule has 2 rings (SSSR count). The van der Waals surface area contributed by atoms with Gasteiger partial charge in [0.15, 0.2) is 12.7 Å². The van der Waals surface area contributed by atoms with Crippen LogP contribution in [-0.2, 0) is 14.3 Å². The van der Waals surface area contributed by atoms with Crippen LogP contribution in [0.4, 0.5) is 10.1 Å². The number of carbonyl (C=O) groups is 2. The highest BCUT2D eigenvalue weighted by Gasteiger charge is 2.18. The van der Waals surface area contributed by atoms with Crippen LogP contribution in [0.25, 0.3) is 0 Å². The largest absolute Gasteiger partial charge is 0.479 e. The minimum atomic E-state index is -0.948. The zero-order chi connectivity index (χ0) is 19.1. The van der Waals surface area contributed by atoms with Gasteiger partial charge in [0.2, 0.25) is 0 Å². The Hall–Kier alpha value is -3.11. The van der Waals surface area contributed by atoms with Gasteiger partial charge in [0.25, 0.3) is 5.91 Å². The number of carbonyl (C=O) groups excluding carboxylic acids is 2. The van der Waals surface area contributed by atoms with Gasteiger partial charge in [0, 0.05) is 5.69 Å². The summed E-state index contributed by atoms with van der Waals surface area (Å²) < 4.78 is 23.3. The number of rotatable bonds is 6. The van der Waals surface area contributed by atoms with Crippen LogP contribution in [0.5, 0.6) is 5.75 Å². The van der Waals surface area contributed by atoms with Crippen molar-refractivity contribution in [2.45, 2.75) is 13.0 Å². The first-order valence-electron chi connectivity index (χ1n) is 7.47. The van der Waals surface area contributed by atoms with Crippen molar-refractivity contribution in [3.63, 3.8) is 0 Å². The Labute approximate surface area is 154 Å². The lowest BCUT2D eigenvalue weighted by Gasteiger charge is -2.14. The summed E-state index contributed by atoms with van der Waals surface area (Å²) in [4.78, 5) is 23.6. The second-order valence-corrected chi connectivity index (χ2v) is 5.59. The Balaban J connectivity index is 1.81. The maximum absolute atomic E-state index is 13.1. The first kappa shape index (κ1) is 19.2. The molecular weight excluding hydrogens is 363 g/mol. The zero-order valence-electron chi connectivity index (χ0n) is 13.7. The van der Waals surface area contributed by atoms with Crippen LogP contribution in [0.1, 0.15) is 12.5 Å². The maximum Gasteiger partial charge on any atom is 0.347 e. The molecule has 0 aromatic heterocycles. The van der Waals surface area contributed by atoms with E-state index in [0.717, 1.165) is 6.07 Å². The predicted molar refractivity (Wildman–Crippen MR) is 92.2 cm³/mol. The molecule has 1 N–H and O–H groups in total. The molecule has 1 amide bonds. The van der Waals surface area contributed by atoms with Gasteiger partial charge in [-0.15, -0.1) is 0 Å². The number of amides is 1. The predicted octanol–water partition coefficient (Wildman–Crippen LogP) is 3.30. The van der Waals surface area contributed by atoms with Gasteiger partial charge in [-0.25, -0.2) is 9.18 Å². The van der Waals surface area contributed by atoms with Crippen LogP contribution in [0.15, 0.2) is 42.5 Å². The third-order valence-corrected chi connectivity index (χ3v) is 3.47. The van der Waals surface area contributed by atoms with Gasteiger partial charge < -0.3 is 14.8 Å². The molecule has 0 aliphatic rings. The van der Waals surface area contributed by atoms with Crippen molar-refractivity contribution >= 4 is 29.2 Å². The summed E-state index contributed by atoms with van der Waals surface area (Å²) in [5, 5.41) is 11.0. The summed E-state index contributed by atoms with van der Waals surface area (Å²) in [5.41, 5.74) is 0.740. The van der Waals surface area contributed by atoms with Crippen LogP contribution < -0.4 is 10.1 Å². The highest BCUT2D eigenvalue weighted by molar-refractivity contribution is 6.31. The fourth-order valence-electron chi connectivity index (χ4n) is 1.89. The highest BCUT2D eigenvalue weighted by Crippen LogP contribution is 2.19. The van der Waals surface area contributed by atoms with Gasteiger partial charge in [0.1, 0.15) is 11.6 Å². The summed E-state index contributed by atoms with van der Waals surface area (Å²) in [6.07, 6.45) is -0.948. The number of esters is 1. The molecule has 0 saturated carbocycles. The molecular formula is C18H14ClFN2O4. The topological polar surface area (TPSA) is 88.4 Å². The summed E-state index contributed by atoms with van der Waals surface area (Å²) in [6.45, 7) is 0.938. The van der Waals surface area contributed by atoms with E-state index in [4.69, 9.17) is 26.3 Å². The monoisotopic (exact) mass is 376 g/mol. The molecule has 0 radical (unpaired) electrons. The number of anilines is 1. The molecule has 2 aromatic carbocycles. The molecule has 6 nitrogen and oxygen atoms in total. The van der Waals surface area contributed by atoms with Crippen LogP contribution in [0.3, 0.4) is 0 Å². The fourth-order valence-corrected chi connectivity index (χ4v) is 2.07. The smallest absolute Gasteiger partial charge is 0.347 e. The van der Waals surface area contributed by atoms with E-state index in [9.17, 15) is 14.0 Å². The molecule has 134 valence electrons. The Morgan fingerprint density at radius 2 is 1.96 bits per heavy atom. The van der Waals surface area contributed by atoms with E-state index in [2.05, 4.69) is 5.32 Å². The van der Waals surface area contributed by atoms with Gasteiger partial charge >= 0.3 is 5.97 Å². The lowest BCUT2D eigenvalue weighted by Crippen LogP contribution is -2.29. The van der Waals surface area contributed by atoms with Gasteiger partial charge in [-0.1, -0.05) is 11.6 Å². The second kappa shape index (κ2) is 8.83. The fraction of sp³-hybridized carbons (Fsp3) is 0.167. The molecule has 1 atom stereocenters. The summed E-state index contributed by atoms with van der Waals surface area (Å²) >= 11 is 5.62. The molecule has 8 heteroatoms. The molecule has 0 fully saturated rings. The minimum Gasteiger partial charge on any atom is -0.479 e. The third kappa shape index (κ3) is 5.46. The Morgan fingerprint density at radius 3 is 2.58 bits per heavy atom. The number of nitrogens with one attached hydrogen (secondary N) is 1. The van der Waals surface area contributed by atoms with Crippen LogP contribution >= 0.6 is 11.6 Å². The highest BCUT2D eigenvalue weighted by atomic mass is 35.5. The first-order chi connectivity index (χ1) is 12.4. The lowest BCUT2D eigenvalue weighted by molar-refractivity contribution is -0.153. The van der Waals surface area contributed by atoms with Gasteiger partial charge in [-0.05, 0) is 49.4 Å². The van der Waals surface area contributed by atoms with Gasteiger partial charge in [-0.3, -0.25) is 4.79 Å². The number of nitriles is 1. The van der Waals surface area contributed by atoms with E-state index in [0.29, 0.717) is 11.3 Å². The average molecular weight is 377 g/mol. The molecule has 26 heavy (non-hydrogen) atoms. The van der Waals surface area contributed by atoms with E-state index < -0.39 is 30.4 Å². The number of nitrogens with zero attached hydrogens (tertiary/aromatic N) is 1. The minimum absolute atomic E-state index is 0.135. The summed E-state index contributed by atoms with van der Waals surface area (Å²) in [7, 11) is 0. The Morgan fingerprint density at radius 1 is 1.27 bits per heavy atom. The van der Waals surface area contributed by atoms with Crippen molar-refractivity contribution in [2.24, 2.45) is 0 Å². The first-order valence-corrected chi connectivity index (χ1v) is 7.85. The van der Waals surface area contributed by atoms with Crippen molar-refractivity contribution in [3.05, 3.63) is 58.9 Å². The standard InChI is InChI=1S/C18H14ClFN2O4/c1-11(26-14-5-2-12(9-21)3-6-14)18(24)25-10-17(23)22-13-4-7-16(20)15(19)8-13/h2-8,11H,10H2,1H3,(H,22,23)/t11-/m0/s1. The van der Waals surface area contributed by atoms with Crippen molar-refractivity contribution in [3.8, 4) is 11.8 Å². The van der Waals surface area contributed by atoms with Crippen LogP contribution in [0.2, 0.25) is 5.02 Å². The van der Waals surface area contributed by atoms with E-state index in [1.807, 2.05) is 6.07 Å². The van der Waals surface area contributed by atoms with Crippen molar-refractivity contribution in [2.75, 3.05) is 11.9 Å². The Bertz CT molecular complexity index is 849. The van der Waals surface area contributed by atoms with Crippen molar-refractivity contribution < 1.29 is 23.5 Å². The number of hydrogen-bond donors (Lipinski definition) is 1. The number of ether oxygens (including phenoxy) is 2. The number of hydrogen-bond acceptors (Lipinski definition) is 5. The summed E-state index contributed by atoms with van der Waals surface area (Å²) in [5.74, 6) is -1.56. The van der Waals surface area contributed by atoms with Crippen molar-refractivity contribution in [1.29, 1.82) is 5.26 Å². The second-order valence-electron chi connectivity index (χ2n) is 5.18. The van der Waals surface area contributed by atoms with Crippen molar-refractivity contribution in [1.82, 2.24) is 0 Å². The average Bonchev–Trinajstić information content (AvgIpc) is 2.63. The maximum atomic E-state index is 13.1. The molecule has 0 unspecified atom stereocenters. The SMILES string of the molecule is C[C@H](Oc1ccc(C#N)cc1)C(=O)OCC(=O)Nc1ccc(F)c(Cl)c1. The number of halogens is 2. The molecule has 0 aliphatic carbocycles. The van der Waals surface area contributed by atoms with E-state index in [1.165, 1.54) is 19.1 Å². The molecule has 0 aliphatic heterocycles. The Kier molecular flexibility index (Phi) is 6.53. The van der Waals surface area contributed by atoms with E-state index in [1.54, 1.807) is 24.3 Å². The molecule has 0 saturated heterocycles. The molecule has 2 aromatic rings. The molecule has 0 bridgehead atoms. The summed E-state index contributed by atoms with van der Waals surface area (Å²) in [6, 6.07) is 11.8. The third-order valence-electron chi connectivity index (χ3n) is 3.18. The van der Waals surface area contributed by atoms with E-state index in [-0.39, 0.29) is 10.7 Å². The van der Waals surface area contributed by atoms with Crippen LogP contribution in [0, 0.1) is 17.1 Å². The van der Waals surface area contributed by atoms with Gasteiger partial charge in [-0.2, -0.15) is 5.26 Å².